The molecule has 0 aliphatic carbocycles. The molecule has 2 fully saturated rings. The zero-order chi connectivity index (χ0) is 14.2. The van der Waals surface area contributed by atoms with E-state index in [1.54, 1.807) is 9.80 Å². The van der Waals surface area contributed by atoms with E-state index >= 15 is 0 Å². The molecule has 2 heterocycles. The zero-order valence-corrected chi connectivity index (χ0v) is 11.8. The number of carboxylic acid groups (broad SMARTS) is 1. The van der Waals surface area contributed by atoms with Crippen LogP contribution in [0.1, 0.15) is 27.2 Å². The molecule has 2 unspecified atom stereocenters. The van der Waals surface area contributed by atoms with E-state index in [9.17, 15) is 9.59 Å². The number of carboxylic acids is 1. The minimum Gasteiger partial charge on any atom is -0.481 e. The summed E-state index contributed by atoms with van der Waals surface area (Å²) in [6, 6.07) is -0.312. The molecule has 0 saturated carbocycles. The summed E-state index contributed by atoms with van der Waals surface area (Å²) in [6.45, 7) is 7.90. The molecule has 0 aromatic heterocycles. The topological polar surface area (TPSA) is 70.1 Å². The van der Waals surface area contributed by atoms with Gasteiger partial charge < -0.3 is 19.6 Å². The lowest BCUT2D eigenvalue weighted by atomic mass is 10.0. The lowest BCUT2D eigenvalue weighted by Gasteiger charge is -2.44. The Balaban J connectivity index is 2.10. The number of urea groups is 1. The summed E-state index contributed by atoms with van der Waals surface area (Å²) in [5.41, 5.74) is -0.337. The second-order valence-corrected chi connectivity index (χ2v) is 5.97. The van der Waals surface area contributed by atoms with Crippen LogP contribution in [-0.2, 0) is 9.53 Å². The highest BCUT2D eigenvalue weighted by Crippen LogP contribution is 2.28. The molecule has 0 aromatic rings. The number of amides is 2. The first kappa shape index (κ1) is 14.1. The van der Waals surface area contributed by atoms with Crippen LogP contribution in [0.15, 0.2) is 0 Å². The number of aliphatic carboxylic acids is 1. The van der Waals surface area contributed by atoms with Gasteiger partial charge in [0.2, 0.25) is 0 Å². The average Bonchev–Trinajstić information content (AvgIpc) is 2.70. The summed E-state index contributed by atoms with van der Waals surface area (Å²) < 4.78 is 5.41. The van der Waals surface area contributed by atoms with Crippen LogP contribution in [-0.4, -0.2) is 64.8 Å². The molecule has 6 heteroatoms. The fraction of sp³-hybridized carbons (Fsp3) is 0.846. The molecule has 2 amide bonds. The van der Waals surface area contributed by atoms with Crippen LogP contribution in [0.4, 0.5) is 4.79 Å². The quantitative estimate of drug-likeness (QED) is 0.772. The molecule has 0 aromatic carbocycles. The largest absolute Gasteiger partial charge is 0.481 e. The Kier molecular flexibility index (Phi) is 3.71. The van der Waals surface area contributed by atoms with E-state index in [4.69, 9.17) is 9.84 Å². The van der Waals surface area contributed by atoms with E-state index in [0.717, 1.165) is 0 Å². The Bertz CT molecular complexity index is 383. The Morgan fingerprint density at radius 3 is 2.53 bits per heavy atom. The van der Waals surface area contributed by atoms with Gasteiger partial charge >= 0.3 is 12.0 Å². The van der Waals surface area contributed by atoms with Crippen LogP contribution < -0.4 is 0 Å². The third kappa shape index (κ3) is 2.54. The Morgan fingerprint density at radius 1 is 1.32 bits per heavy atom. The van der Waals surface area contributed by atoms with Crippen molar-refractivity contribution in [2.75, 3.05) is 26.3 Å². The highest BCUT2D eigenvalue weighted by Gasteiger charge is 2.43. The lowest BCUT2D eigenvalue weighted by Crippen LogP contribution is -2.59. The SMILES string of the molecule is CC1C(C(=O)O)CCN1C(=O)N1CCOCC1(C)C. The van der Waals surface area contributed by atoms with Crippen molar-refractivity contribution in [1.82, 2.24) is 9.80 Å². The Labute approximate surface area is 113 Å². The predicted molar refractivity (Wildman–Crippen MR) is 68.9 cm³/mol. The molecule has 0 bridgehead atoms. The Hall–Kier alpha value is -1.30. The third-order valence-corrected chi connectivity index (χ3v) is 4.19. The molecule has 2 aliphatic rings. The van der Waals surface area contributed by atoms with Gasteiger partial charge in [-0.05, 0) is 27.2 Å². The van der Waals surface area contributed by atoms with Gasteiger partial charge in [-0.15, -0.1) is 0 Å². The third-order valence-electron chi connectivity index (χ3n) is 4.19. The van der Waals surface area contributed by atoms with Gasteiger partial charge in [-0.2, -0.15) is 0 Å². The van der Waals surface area contributed by atoms with Crippen LogP contribution in [0.3, 0.4) is 0 Å². The van der Waals surface area contributed by atoms with Gasteiger partial charge in [0.15, 0.2) is 0 Å². The summed E-state index contributed by atoms with van der Waals surface area (Å²) in [7, 11) is 0. The first-order valence-electron chi connectivity index (χ1n) is 6.73. The molecular formula is C13H22N2O4. The predicted octanol–water partition coefficient (Wildman–Crippen LogP) is 1.01. The smallest absolute Gasteiger partial charge is 0.320 e. The highest BCUT2D eigenvalue weighted by atomic mass is 16.5. The Morgan fingerprint density at radius 2 is 2.00 bits per heavy atom. The van der Waals surface area contributed by atoms with Gasteiger partial charge in [-0.3, -0.25) is 4.79 Å². The number of hydrogen-bond acceptors (Lipinski definition) is 3. The van der Waals surface area contributed by atoms with Crippen LogP contribution in [0.2, 0.25) is 0 Å². The van der Waals surface area contributed by atoms with Crippen molar-refractivity contribution in [3.8, 4) is 0 Å². The van der Waals surface area contributed by atoms with E-state index in [0.29, 0.717) is 32.7 Å². The number of likely N-dealkylation sites (tertiary alicyclic amines) is 1. The summed E-state index contributed by atoms with van der Waals surface area (Å²) in [5, 5.41) is 9.12. The van der Waals surface area contributed by atoms with Crippen molar-refractivity contribution >= 4 is 12.0 Å². The van der Waals surface area contributed by atoms with Crippen LogP contribution in [0.5, 0.6) is 0 Å². The summed E-state index contributed by atoms with van der Waals surface area (Å²) in [5.74, 6) is -1.27. The standard InChI is InChI=1S/C13H22N2O4/c1-9-10(11(16)17)4-5-14(9)12(18)15-6-7-19-8-13(15,2)3/h9-10H,4-8H2,1-3H3,(H,16,17). The van der Waals surface area contributed by atoms with Crippen molar-refractivity contribution in [2.45, 2.75) is 38.8 Å². The minimum absolute atomic E-state index is 0.0652. The maximum Gasteiger partial charge on any atom is 0.320 e. The average molecular weight is 270 g/mol. The maximum atomic E-state index is 12.6. The second-order valence-electron chi connectivity index (χ2n) is 5.97. The second kappa shape index (κ2) is 5.00. The number of rotatable bonds is 1. The fourth-order valence-corrected chi connectivity index (χ4v) is 2.91. The van der Waals surface area contributed by atoms with Crippen molar-refractivity contribution < 1.29 is 19.4 Å². The van der Waals surface area contributed by atoms with Gasteiger partial charge in [0.1, 0.15) is 0 Å². The first-order chi connectivity index (χ1) is 8.84. The summed E-state index contributed by atoms with van der Waals surface area (Å²) in [6.07, 6.45) is 0.535. The number of ether oxygens (including phenoxy) is 1. The van der Waals surface area contributed by atoms with Crippen LogP contribution in [0.25, 0.3) is 0 Å². The molecule has 6 nitrogen and oxygen atoms in total. The first-order valence-corrected chi connectivity index (χ1v) is 6.73. The van der Waals surface area contributed by atoms with Crippen LogP contribution in [0, 0.1) is 5.92 Å². The molecule has 2 rings (SSSR count). The van der Waals surface area contributed by atoms with Crippen molar-refractivity contribution in [3.05, 3.63) is 0 Å². The van der Waals surface area contributed by atoms with Gasteiger partial charge in [-0.25, -0.2) is 4.79 Å². The number of nitrogens with zero attached hydrogens (tertiary/aromatic N) is 2. The maximum absolute atomic E-state index is 12.6. The van der Waals surface area contributed by atoms with Gasteiger partial charge in [-0.1, -0.05) is 0 Å². The molecular weight excluding hydrogens is 248 g/mol. The van der Waals surface area contributed by atoms with E-state index in [-0.39, 0.29) is 17.6 Å². The van der Waals surface area contributed by atoms with E-state index in [1.165, 1.54) is 0 Å². The zero-order valence-electron chi connectivity index (χ0n) is 11.8. The molecule has 19 heavy (non-hydrogen) atoms. The summed E-state index contributed by atoms with van der Waals surface area (Å²) in [4.78, 5) is 27.2. The molecule has 0 spiro atoms. The molecule has 108 valence electrons. The van der Waals surface area contributed by atoms with E-state index in [1.807, 2.05) is 20.8 Å². The van der Waals surface area contributed by atoms with Gasteiger partial charge in [0.25, 0.3) is 0 Å². The van der Waals surface area contributed by atoms with Crippen molar-refractivity contribution in [2.24, 2.45) is 5.92 Å². The van der Waals surface area contributed by atoms with E-state index in [2.05, 4.69) is 0 Å². The fourth-order valence-electron chi connectivity index (χ4n) is 2.91. The molecule has 2 atom stereocenters. The molecule has 2 aliphatic heterocycles. The van der Waals surface area contributed by atoms with Gasteiger partial charge in [0.05, 0.1) is 24.7 Å². The molecule has 2 saturated heterocycles. The highest BCUT2D eigenvalue weighted by molar-refractivity contribution is 5.79. The number of carbonyl (C=O) groups is 2. The van der Waals surface area contributed by atoms with Crippen molar-refractivity contribution in [1.29, 1.82) is 0 Å². The molecule has 0 radical (unpaired) electrons. The van der Waals surface area contributed by atoms with E-state index < -0.39 is 11.9 Å². The van der Waals surface area contributed by atoms with Gasteiger partial charge in [0, 0.05) is 19.1 Å². The number of carbonyl (C=O) groups excluding carboxylic acids is 1. The molecule has 1 N–H and O–H groups in total. The summed E-state index contributed by atoms with van der Waals surface area (Å²) >= 11 is 0. The number of morpholine rings is 1. The minimum atomic E-state index is -0.816. The normalized spacial score (nSPS) is 30.5. The monoisotopic (exact) mass is 270 g/mol. The van der Waals surface area contributed by atoms with Crippen LogP contribution >= 0.6 is 0 Å². The number of hydrogen-bond donors (Lipinski definition) is 1. The lowest BCUT2D eigenvalue weighted by molar-refractivity contribution is -0.142. The van der Waals surface area contributed by atoms with Crippen molar-refractivity contribution in [3.63, 3.8) is 0 Å².